The molecule has 3 rings (SSSR count). The van der Waals surface area contributed by atoms with Crippen molar-refractivity contribution in [2.24, 2.45) is 0 Å². The Balaban J connectivity index is 1.78. The number of nitrogens with one attached hydrogen (secondary N) is 1. The van der Waals surface area contributed by atoms with E-state index in [9.17, 15) is 9.59 Å². The van der Waals surface area contributed by atoms with Gasteiger partial charge < -0.3 is 9.80 Å². The summed E-state index contributed by atoms with van der Waals surface area (Å²) in [6, 6.07) is 7.06. The number of hydrogen-bond donors (Lipinski definition) is 1. The molecule has 1 aliphatic rings. The van der Waals surface area contributed by atoms with Crippen LogP contribution in [0.25, 0.3) is 0 Å². The lowest BCUT2D eigenvalue weighted by molar-refractivity contribution is -0.121. The van der Waals surface area contributed by atoms with Gasteiger partial charge in [-0.2, -0.15) is 5.10 Å². The lowest BCUT2D eigenvalue weighted by Gasteiger charge is -2.39. The molecule has 2 amide bonds. The fraction of sp³-hybridized carbons (Fsp3) is 0.389. The number of aryl methyl sites for hydroxylation is 1. The van der Waals surface area contributed by atoms with Crippen LogP contribution in [0, 0.1) is 0 Å². The Morgan fingerprint density at radius 3 is 2.76 bits per heavy atom. The van der Waals surface area contributed by atoms with Gasteiger partial charge in [-0.15, -0.1) is 0 Å². The summed E-state index contributed by atoms with van der Waals surface area (Å²) in [7, 11) is 0. The molecule has 0 saturated carbocycles. The number of anilines is 1. The van der Waals surface area contributed by atoms with Crippen molar-refractivity contribution in [2.45, 2.75) is 32.7 Å². The number of amides is 2. The summed E-state index contributed by atoms with van der Waals surface area (Å²) in [6.45, 7) is 4.51. The molecule has 1 aliphatic heterocycles. The summed E-state index contributed by atoms with van der Waals surface area (Å²) in [5, 5.41) is 7.50. The van der Waals surface area contributed by atoms with E-state index in [0.29, 0.717) is 17.1 Å². The number of aromatic amines is 1. The second-order valence-corrected chi connectivity index (χ2v) is 6.71. The van der Waals surface area contributed by atoms with Gasteiger partial charge in [0.05, 0.1) is 11.8 Å². The second kappa shape index (κ2) is 7.27. The third-order valence-corrected chi connectivity index (χ3v) is 4.69. The topological polar surface area (TPSA) is 69.3 Å². The number of H-pyrrole nitrogens is 1. The van der Waals surface area contributed by atoms with Gasteiger partial charge in [-0.3, -0.25) is 14.7 Å². The molecule has 1 atom stereocenters. The molecule has 1 unspecified atom stereocenters. The zero-order valence-corrected chi connectivity index (χ0v) is 15.1. The van der Waals surface area contributed by atoms with Crippen LogP contribution in [0.5, 0.6) is 0 Å². The molecule has 1 saturated heterocycles. The summed E-state index contributed by atoms with van der Waals surface area (Å²) in [6.07, 6.45) is 3.23. The Kier molecular flexibility index (Phi) is 5.08. The third kappa shape index (κ3) is 3.54. The van der Waals surface area contributed by atoms with Gasteiger partial charge in [0.25, 0.3) is 5.91 Å². The lowest BCUT2D eigenvalue weighted by Crippen LogP contribution is -2.57. The second-order valence-electron chi connectivity index (χ2n) is 6.28. The van der Waals surface area contributed by atoms with Crippen molar-refractivity contribution in [2.75, 3.05) is 18.0 Å². The molecule has 1 fully saturated rings. The number of benzene rings is 1. The summed E-state index contributed by atoms with van der Waals surface area (Å²) in [4.78, 5) is 28.8. The van der Waals surface area contributed by atoms with E-state index < -0.39 is 0 Å². The first-order chi connectivity index (χ1) is 12.0. The quantitative estimate of drug-likeness (QED) is 0.911. The Hall–Kier alpha value is -2.34. The molecule has 2 aromatic rings. The Morgan fingerprint density at radius 1 is 1.36 bits per heavy atom. The molecule has 1 aromatic carbocycles. The summed E-state index contributed by atoms with van der Waals surface area (Å²) in [5.41, 5.74) is 2.18. The largest absolute Gasteiger partial charge is 0.325 e. The molecule has 2 heterocycles. The number of hydrogen-bond acceptors (Lipinski definition) is 3. The maximum atomic E-state index is 12.9. The van der Waals surface area contributed by atoms with Gasteiger partial charge in [0.15, 0.2) is 0 Å². The first-order valence-corrected chi connectivity index (χ1v) is 8.78. The van der Waals surface area contributed by atoms with Crippen molar-refractivity contribution in [3.63, 3.8) is 0 Å². The Morgan fingerprint density at radius 2 is 2.08 bits per heavy atom. The molecule has 0 bridgehead atoms. The van der Waals surface area contributed by atoms with Crippen LogP contribution < -0.4 is 4.90 Å². The van der Waals surface area contributed by atoms with Crippen LogP contribution in [-0.2, 0) is 11.2 Å². The molecule has 1 aromatic heterocycles. The van der Waals surface area contributed by atoms with Gasteiger partial charge >= 0.3 is 0 Å². The van der Waals surface area contributed by atoms with Crippen LogP contribution in [0.4, 0.5) is 5.69 Å². The maximum absolute atomic E-state index is 12.9. The van der Waals surface area contributed by atoms with E-state index >= 15 is 0 Å². The third-order valence-electron chi connectivity index (χ3n) is 4.43. The van der Waals surface area contributed by atoms with Crippen molar-refractivity contribution in [3.05, 3.63) is 46.7 Å². The van der Waals surface area contributed by atoms with E-state index in [1.807, 2.05) is 26.0 Å². The summed E-state index contributed by atoms with van der Waals surface area (Å²) >= 11 is 5.91. The number of piperazine rings is 1. The minimum absolute atomic E-state index is 0.0549. The summed E-state index contributed by atoms with van der Waals surface area (Å²) in [5.74, 6) is -0.247. The number of rotatable bonds is 4. The van der Waals surface area contributed by atoms with E-state index in [2.05, 4.69) is 10.2 Å². The molecule has 0 radical (unpaired) electrons. The van der Waals surface area contributed by atoms with Gasteiger partial charge in [0.1, 0.15) is 6.54 Å². The number of halogens is 1. The van der Waals surface area contributed by atoms with E-state index in [1.54, 1.807) is 28.1 Å². The van der Waals surface area contributed by atoms with Crippen molar-refractivity contribution >= 4 is 29.1 Å². The monoisotopic (exact) mass is 360 g/mol. The number of aromatic nitrogens is 2. The standard InChI is InChI=1S/C18H21ClN4O2/c1-3-4-16-15(9-20-21-16)18(25)22-11-17(24)23(10-12(22)2)14-7-5-13(19)6-8-14/h5-9,12H,3-4,10-11H2,1-2H3,(H,20,21). The van der Waals surface area contributed by atoms with Gasteiger partial charge in [-0.1, -0.05) is 24.9 Å². The molecule has 0 aliphatic carbocycles. The molecule has 7 heteroatoms. The Bertz CT molecular complexity index is 772. The number of carbonyl (C=O) groups is 2. The smallest absolute Gasteiger partial charge is 0.258 e. The van der Waals surface area contributed by atoms with Gasteiger partial charge in [-0.25, -0.2) is 0 Å². The lowest BCUT2D eigenvalue weighted by atomic mass is 10.1. The maximum Gasteiger partial charge on any atom is 0.258 e. The zero-order chi connectivity index (χ0) is 18.0. The van der Waals surface area contributed by atoms with E-state index in [0.717, 1.165) is 24.2 Å². The van der Waals surface area contributed by atoms with Crippen LogP contribution in [-0.4, -0.2) is 46.0 Å². The van der Waals surface area contributed by atoms with Crippen LogP contribution in [0.1, 0.15) is 36.3 Å². The molecule has 6 nitrogen and oxygen atoms in total. The molecule has 0 spiro atoms. The van der Waals surface area contributed by atoms with Crippen LogP contribution in [0.15, 0.2) is 30.5 Å². The number of carbonyl (C=O) groups excluding carboxylic acids is 2. The highest BCUT2D eigenvalue weighted by Gasteiger charge is 2.34. The molecular weight excluding hydrogens is 340 g/mol. The van der Waals surface area contributed by atoms with Crippen LogP contribution in [0.2, 0.25) is 5.02 Å². The van der Waals surface area contributed by atoms with Crippen LogP contribution in [0.3, 0.4) is 0 Å². The Labute approximate surface area is 151 Å². The van der Waals surface area contributed by atoms with Crippen molar-refractivity contribution in [3.8, 4) is 0 Å². The molecule has 1 N–H and O–H groups in total. The van der Waals surface area contributed by atoms with Crippen LogP contribution >= 0.6 is 11.6 Å². The van der Waals surface area contributed by atoms with Crippen molar-refractivity contribution < 1.29 is 9.59 Å². The highest BCUT2D eigenvalue weighted by atomic mass is 35.5. The average molecular weight is 361 g/mol. The zero-order valence-electron chi connectivity index (χ0n) is 14.3. The predicted molar refractivity (Wildman–Crippen MR) is 96.9 cm³/mol. The molecular formula is C18H21ClN4O2. The van der Waals surface area contributed by atoms with E-state index in [-0.39, 0.29) is 24.4 Å². The van der Waals surface area contributed by atoms with E-state index in [1.165, 1.54) is 0 Å². The predicted octanol–water partition coefficient (Wildman–Crippen LogP) is 2.89. The van der Waals surface area contributed by atoms with E-state index in [4.69, 9.17) is 11.6 Å². The van der Waals surface area contributed by atoms with Crippen molar-refractivity contribution in [1.29, 1.82) is 0 Å². The fourth-order valence-electron chi connectivity index (χ4n) is 3.09. The highest BCUT2D eigenvalue weighted by molar-refractivity contribution is 6.30. The highest BCUT2D eigenvalue weighted by Crippen LogP contribution is 2.23. The summed E-state index contributed by atoms with van der Waals surface area (Å²) < 4.78 is 0. The van der Waals surface area contributed by atoms with Gasteiger partial charge in [0.2, 0.25) is 5.91 Å². The SMILES string of the molecule is CCCc1[nH]ncc1C(=O)N1CC(=O)N(c2ccc(Cl)cc2)CC1C. The molecule has 132 valence electrons. The fourth-order valence-corrected chi connectivity index (χ4v) is 3.21. The minimum Gasteiger partial charge on any atom is -0.325 e. The molecule has 25 heavy (non-hydrogen) atoms. The first-order valence-electron chi connectivity index (χ1n) is 8.40. The minimum atomic E-state index is -0.145. The first kappa shape index (κ1) is 17.5. The van der Waals surface area contributed by atoms with Gasteiger partial charge in [-0.05, 0) is 37.6 Å². The van der Waals surface area contributed by atoms with Crippen molar-refractivity contribution in [1.82, 2.24) is 15.1 Å². The normalized spacial score (nSPS) is 17.9. The van der Waals surface area contributed by atoms with Gasteiger partial charge in [0, 0.05) is 29.0 Å². The number of nitrogens with zero attached hydrogens (tertiary/aromatic N) is 3. The average Bonchev–Trinajstić information content (AvgIpc) is 3.05.